The summed E-state index contributed by atoms with van der Waals surface area (Å²) in [6.07, 6.45) is 1.51. The molecule has 4 heteroatoms. The first kappa shape index (κ1) is 11.0. The van der Waals surface area contributed by atoms with Crippen LogP contribution < -0.4 is 10.6 Å². The van der Waals surface area contributed by atoms with Crippen LogP contribution in [0.2, 0.25) is 0 Å². The van der Waals surface area contributed by atoms with Crippen LogP contribution in [0, 0.1) is 16.7 Å². The second-order valence-corrected chi connectivity index (χ2v) is 4.38. The summed E-state index contributed by atoms with van der Waals surface area (Å²) in [6.45, 7) is 5.17. The van der Waals surface area contributed by atoms with E-state index in [0.29, 0.717) is 31.0 Å². The van der Waals surface area contributed by atoms with Crippen molar-refractivity contribution in [3.63, 3.8) is 0 Å². The molecule has 1 unspecified atom stereocenters. The van der Waals surface area contributed by atoms with Crippen LogP contribution in [-0.2, 0) is 4.79 Å². The first-order valence-corrected chi connectivity index (χ1v) is 4.93. The summed E-state index contributed by atoms with van der Waals surface area (Å²) in [5.41, 5.74) is 0.354. The number of nitrogens with zero attached hydrogens (tertiary/aromatic N) is 1. The molecule has 1 rings (SSSR count). The Balaban J connectivity index is 2.02. The lowest BCUT2D eigenvalue weighted by Gasteiger charge is -2.06. The molecule has 0 aromatic heterocycles. The third-order valence-electron chi connectivity index (χ3n) is 2.58. The van der Waals surface area contributed by atoms with Gasteiger partial charge in [0.1, 0.15) is 0 Å². The van der Waals surface area contributed by atoms with Gasteiger partial charge in [-0.2, -0.15) is 5.26 Å². The van der Waals surface area contributed by atoms with Crippen LogP contribution in [0.1, 0.15) is 26.7 Å². The molecule has 1 aliphatic carbocycles. The van der Waals surface area contributed by atoms with E-state index in [1.807, 2.05) is 6.07 Å². The Morgan fingerprint density at radius 2 is 2.29 bits per heavy atom. The van der Waals surface area contributed by atoms with Crippen LogP contribution in [0.5, 0.6) is 0 Å². The van der Waals surface area contributed by atoms with Crippen molar-refractivity contribution in [2.75, 3.05) is 13.1 Å². The molecule has 78 valence electrons. The standard InChI is InChI=1S/C10H17N3O/c1-10(2)6-8(10)13-7-9(14)12-5-3-4-11/h8,13H,3,5-7H2,1-2H3,(H,12,14). The van der Waals surface area contributed by atoms with Gasteiger partial charge in [0.2, 0.25) is 5.91 Å². The lowest BCUT2D eigenvalue weighted by molar-refractivity contribution is -0.120. The summed E-state index contributed by atoms with van der Waals surface area (Å²) in [4.78, 5) is 11.2. The summed E-state index contributed by atoms with van der Waals surface area (Å²) in [5, 5.41) is 14.1. The zero-order valence-corrected chi connectivity index (χ0v) is 8.76. The minimum absolute atomic E-state index is 0.0250. The van der Waals surface area contributed by atoms with Crippen molar-refractivity contribution in [3.8, 4) is 6.07 Å². The van der Waals surface area contributed by atoms with E-state index in [4.69, 9.17) is 5.26 Å². The van der Waals surface area contributed by atoms with E-state index in [0.717, 1.165) is 6.42 Å². The van der Waals surface area contributed by atoms with Gasteiger partial charge >= 0.3 is 0 Å². The minimum Gasteiger partial charge on any atom is -0.354 e. The van der Waals surface area contributed by atoms with Gasteiger partial charge in [-0.1, -0.05) is 13.8 Å². The second kappa shape index (κ2) is 4.43. The van der Waals surface area contributed by atoms with Crippen LogP contribution >= 0.6 is 0 Å². The molecule has 0 aromatic carbocycles. The smallest absolute Gasteiger partial charge is 0.233 e. The molecule has 0 saturated heterocycles. The van der Waals surface area contributed by atoms with Crippen molar-refractivity contribution in [2.45, 2.75) is 32.7 Å². The Morgan fingerprint density at radius 3 is 2.79 bits per heavy atom. The van der Waals surface area contributed by atoms with Crippen molar-refractivity contribution in [1.82, 2.24) is 10.6 Å². The number of amides is 1. The van der Waals surface area contributed by atoms with Crippen LogP contribution in [0.4, 0.5) is 0 Å². The fourth-order valence-electron chi connectivity index (χ4n) is 1.35. The minimum atomic E-state index is -0.0250. The Hall–Kier alpha value is -1.08. The van der Waals surface area contributed by atoms with Crippen molar-refractivity contribution >= 4 is 5.91 Å². The molecular formula is C10H17N3O. The summed E-state index contributed by atoms with van der Waals surface area (Å²) in [6, 6.07) is 2.45. The number of hydrogen-bond acceptors (Lipinski definition) is 3. The quantitative estimate of drug-likeness (QED) is 0.624. The molecule has 1 aliphatic rings. The van der Waals surface area contributed by atoms with Crippen molar-refractivity contribution in [3.05, 3.63) is 0 Å². The molecule has 0 aromatic rings. The van der Waals surface area contributed by atoms with Gasteiger partial charge in [0.05, 0.1) is 19.0 Å². The highest BCUT2D eigenvalue weighted by Gasteiger charge is 2.45. The number of hydrogen-bond donors (Lipinski definition) is 2. The van der Waals surface area contributed by atoms with Gasteiger partial charge in [0.25, 0.3) is 0 Å². The fraction of sp³-hybridized carbons (Fsp3) is 0.800. The summed E-state index contributed by atoms with van der Waals surface area (Å²) in [5.74, 6) is -0.0250. The van der Waals surface area contributed by atoms with Crippen LogP contribution in [0.25, 0.3) is 0 Å². The first-order chi connectivity index (χ1) is 6.56. The normalized spacial score (nSPS) is 22.5. The highest BCUT2D eigenvalue weighted by Crippen LogP contribution is 2.44. The Morgan fingerprint density at radius 1 is 1.64 bits per heavy atom. The molecule has 14 heavy (non-hydrogen) atoms. The SMILES string of the molecule is CC1(C)CC1NCC(=O)NCCC#N. The number of nitrogens with one attached hydrogen (secondary N) is 2. The highest BCUT2D eigenvalue weighted by molar-refractivity contribution is 5.78. The van der Waals surface area contributed by atoms with Gasteiger partial charge < -0.3 is 10.6 Å². The fourth-order valence-corrected chi connectivity index (χ4v) is 1.35. The van der Waals surface area contributed by atoms with Gasteiger partial charge in [0.15, 0.2) is 0 Å². The summed E-state index contributed by atoms with van der Waals surface area (Å²) < 4.78 is 0. The van der Waals surface area contributed by atoms with Gasteiger partial charge in [-0.25, -0.2) is 0 Å². The van der Waals surface area contributed by atoms with E-state index >= 15 is 0 Å². The average Bonchev–Trinajstić information content (AvgIpc) is 2.71. The Bertz CT molecular complexity index is 255. The molecule has 0 spiro atoms. The van der Waals surface area contributed by atoms with E-state index in [2.05, 4.69) is 24.5 Å². The lowest BCUT2D eigenvalue weighted by Crippen LogP contribution is -2.36. The van der Waals surface area contributed by atoms with Crippen LogP contribution in [0.15, 0.2) is 0 Å². The van der Waals surface area contributed by atoms with Gasteiger partial charge in [-0.15, -0.1) is 0 Å². The molecule has 1 amide bonds. The number of nitriles is 1. The van der Waals surface area contributed by atoms with E-state index in [1.165, 1.54) is 0 Å². The maximum atomic E-state index is 11.2. The molecule has 1 saturated carbocycles. The van der Waals surface area contributed by atoms with Gasteiger partial charge in [0, 0.05) is 12.6 Å². The van der Waals surface area contributed by atoms with Crippen LogP contribution in [-0.4, -0.2) is 25.0 Å². The van der Waals surface area contributed by atoms with Gasteiger partial charge in [-0.3, -0.25) is 4.79 Å². The second-order valence-electron chi connectivity index (χ2n) is 4.38. The summed E-state index contributed by atoms with van der Waals surface area (Å²) >= 11 is 0. The highest BCUT2D eigenvalue weighted by atomic mass is 16.1. The van der Waals surface area contributed by atoms with Crippen LogP contribution in [0.3, 0.4) is 0 Å². The molecular weight excluding hydrogens is 178 g/mol. The van der Waals surface area contributed by atoms with Crippen molar-refractivity contribution < 1.29 is 4.79 Å². The molecule has 0 bridgehead atoms. The maximum absolute atomic E-state index is 11.2. The molecule has 4 nitrogen and oxygen atoms in total. The van der Waals surface area contributed by atoms with Crippen molar-refractivity contribution in [1.29, 1.82) is 5.26 Å². The third kappa shape index (κ3) is 3.35. The largest absolute Gasteiger partial charge is 0.354 e. The van der Waals surface area contributed by atoms with E-state index in [1.54, 1.807) is 0 Å². The molecule has 1 fully saturated rings. The molecule has 2 N–H and O–H groups in total. The van der Waals surface area contributed by atoms with Crippen molar-refractivity contribution in [2.24, 2.45) is 5.41 Å². The Kier molecular flexibility index (Phi) is 3.48. The summed E-state index contributed by atoms with van der Waals surface area (Å²) in [7, 11) is 0. The van der Waals surface area contributed by atoms with E-state index in [9.17, 15) is 4.79 Å². The Labute approximate surface area is 84.7 Å². The number of carbonyl (C=O) groups excluding carboxylic acids is 1. The van der Waals surface area contributed by atoms with Gasteiger partial charge in [-0.05, 0) is 11.8 Å². The number of carbonyl (C=O) groups is 1. The van der Waals surface area contributed by atoms with E-state index < -0.39 is 0 Å². The zero-order chi connectivity index (χ0) is 10.6. The molecule has 0 aliphatic heterocycles. The molecule has 0 radical (unpaired) electrons. The topological polar surface area (TPSA) is 64.9 Å². The first-order valence-electron chi connectivity index (χ1n) is 4.93. The zero-order valence-electron chi connectivity index (χ0n) is 8.76. The lowest BCUT2D eigenvalue weighted by atomic mass is 10.2. The average molecular weight is 195 g/mol. The third-order valence-corrected chi connectivity index (χ3v) is 2.58. The predicted octanol–water partition coefficient (Wildman–Crippen LogP) is 0.404. The monoisotopic (exact) mass is 195 g/mol. The predicted molar refractivity (Wildman–Crippen MR) is 53.4 cm³/mol. The molecule has 0 heterocycles. The molecule has 1 atom stereocenters. The number of rotatable bonds is 5. The maximum Gasteiger partial charge on any atom is 0.233 e. The van der Waals surface area contributed by atoms with E-state index in [-0.39, 0.29) is 5.91 Å².